The molecule has 8 heteroatoms. The number of halogens is 2. The van der Waals surface area contributed by atoms with Crippen LogP contribution in [0.15, 0.2) is 60.0 Å². The molecule has 1 saturated heterocycles. The lowest BCUT2D eigenvalue weighted by Crippen LogP contribution is -2.46. The van der Waals surface area contributed by atoms with Crippen LogP contribution in [0.2, 0.25) is 0 Å². The smallest absolute Gasteiger partial charge is 0.341 e. The second-order valence-corrected chi connectivity index (χ2v) is 7.42. The molecule has 1 fully saturated rings. The quantitative estimate of drug-likeness (QED) is 0.636. The van der Waals surface area contributed by atoms with Crippen molar-refractivity contribution in [2.24, 2.45) is 0 Å². The molecule has 3 aromatic rings. The van der Waals surface area contributed by atoms with Gasteiger partial charge < -0.3 is 14.6 Å². The van der Waals surface area contributed by atoms with Crippen LogP contribution >= 0.6 is 0 Å². The van der Waals surface area contributed by atoms with Crippen LogP contribution in [0.5, 0.6) is 0 Å². The number of anilines is 1. The first-order valence-electron chi connectivity index (χ1n) is 9.85. The number of nitrogens with zero attached hydrogens (tertiary/aromatic N) is 3. The van der Waals surface area contributed by atoms with Crippen LogP contribution in [0, 0.1) is 11.6 Å². The number of carboxylic acid groups (broad SMARTS) is 1. The Bertz CT molecular complexity index is 1210. The van der Waals surface area contributed by atoms with Gasteiger partial charge in [0.25, 0.3) is 0 Å². The molecule has 31 heavy (non-hydrogen) atoms. The van der Waals surface area contributed by atoms with Gasteiger partial charge in [-0.2, -0.15) is 0 Å². The van der Waals surface area contributed by atoms with E-state index < -0.39 is 28.6 Å². The molecule has 1 aliphatic rings. The van der Waals surface area contributed by atoms with Crippen molar-refractivity contribution in [1.29, 1.82) is 0 Å². The molecular formula is C23H21F2N3O3. The second-order valence-electron chi connectivity index (χ2n) is 7.42. The number of carbonyl (C=O) groups is 1. The maximum Gasteiger partial charge on any atom is 0.341 e. The Morgan fingerprint density at radius 1 is 1.10 bits per heavy atom. The fraction of sp³-hybridized carbons (Fsp3) is 0.217. The molecule has 1 aromatic heterocycles. The number of hydrogen-bond donors (Lipinski definition) is 1. The molecule has 160 valence electrons. The van der Waals surface area contributed by atoms with Crippen molar-refractivity contribution in [2.45, 2.75) is 0 Å². The van der Waals surface area contributed by atoms with E-state index in [-0.39, 0.29) is 5.39 Å². The summed E-state index contributed by atoms with van der Waals surface area (Å²) < 4.78 is 29.9. The first kappa shape index (κ1) is 20.7. The maximum absolute atomic E-state index is 15.0. The average Bonchev–Trinajstić information content (AvgIpc) is 2.75. The molecule has 6 nitrogen and oxygen atoms in total. The van der Waals surface area contributed by atoms with Gasteiger partial charge in [-0.25, -0.2) is 13.6 Å². The summed E-state index contributed by atoms with van der Waals surface area (Å²) in [6, 6.07) is 8.08. The number of aromatic nitrogens is 1. The molecule has 0 atom stereocenters. The van der Waals surface area contributed by atoms with Crippen LogP contribution < -0.4 is 10.3 Å². The molecule has 4 rings (SSSR count). The molecule has 2 heterocycles. The van der Waals surface area contributed by atoms with E-state index in [9.17, 15) is 19.1 Å². The largest absolute Gasteiger partial charge is 0.477 e. The molecule has 0 unspecified atom stereocenters. The van der Waals surface area contributed by atoms with Crippen molar-refractivity contribution in [3.05, 3.63) is 82.7 Å². The summed E-state index contributed by atoms with van der Waals surface area (Å²) in [5.74, 6) is -2.45. The summed E-state index contributed by atoms with van der Waals surface area (Å²) >= 11 is 0. The summed E-state index contributed by atoms with van der Waals surface area (Å²) in [5, 5.41) is 9.40. The molecule has 1 aliphatic heterocycles. The van der Waals surface area contributed by atoms with Gasteiger partial charge >= 0.3 is 5.97 Å². The molecule has 0 radical (unpaired) electrons. The van der Waals surface area contributed by atoms with Gasteiger partial charge in [0.1, 0.15) is 17.2 Å². The van der Waals surface area contributed by atoms with Crippen molar-refractivity contribution in [1.82, 2.24) is 9.47 Å². The van der Waals surface area contributed by atoms with E-state index in [4.69, 9.17) is 0 Å². The van der Waals surface area contributed by atoms with Gasteiger partial charge in [-0.15, -0.1) is 6.58 Å². The number of carboxylic acids is 1. The second kappa shape index (κ2) is 8.31. The van der Waals surface area contributed by atoms with Crippen LogP contribution in [-0.4, -0.2) is 53.3 Å². The maximum atomic E-state index is 15.0. The summed E-state index contributed by atoms with van der Waals surface area (Å²) in [4.78, 5) is 28.4. The molecule has 0 bridgehead atoms. The Hall–Kier alpha value is -3.52. The van der Waals surface area contributed by atoms with E-state index in [1.165, 1.54) is 35.0 Å². The highest BCUT2D eigenvalue weighted by Crippen LogP contribution is 2.28. The zero-order chi connectivity index (χ0) is 22.1. The van der Waals surface area contributed by atoms with Gasteiger partial charge in [0.2, 0.25) is 5.43 Å². The zero-order valence-electron chi connectivity index (χ0n) is 16.7. The summed E-state index contributed by atoms with van der Waals surface area (Å²) in [6.07, 6.45) is 3.03. The standard InChI is InChI=1S/C23H21F2N3O3/c1-2-7-26-8-10-27(11-9-26)21-13-20-17(12-19(21)25)22(29)18(23(30)31)14-28(20)16-5-3-15(24)4-6-16/h2-6,12-14H,1,7-11H2,(H,30,31). The van der Waals surface area contributed by atoms with Crippen molar-refractivity contribution in [2.75, 3.05) is 37.6 Å². The fourth-order valence-electron chi connectivity index (χ4n) is 3.90. The fourth-order valence-corrected chi connectivity index (χ4v) is 3.90. The Kier molecular flexibility index (Phi) is 5.56. The topological polar surface area (TPSA) is 65.8 Å². The number of piperazine rings is 1. The highest BCUT2D eigenvalue weighted by Gasteiger charge is 2.22. The van der Waals surface area contributed by atoms with Gasteiger partial charge in [-0.3, -0.25) is 9.69 Å². The van der Waals surface area contributed by atoms with Gasteiger partial charge in [-0.05, 0) is 36.4 Å². The lowest BCUT2D eigenvalue weighted by atomic mass is 10.1. The molecule has 1 N–H and O–H groups in total. The Balaban J connectivity index is 1.87. The Morgan fingerprint density at radius 3 is 2.39 bits per heavy atom. The Labute approximate surface area is 177 Å². The average molecular weight is 425 g/mol. The summed E-state index contributed by atoms with van der Waals surface area (Å²) in [7, 11) is 0. The first-order chi connectivity index (χ1) is 14.9. The van der Waals surface area contributed by atoms with E-state index in [1.54, 1.807) is 6.07 Å². The van der Waals surface area contributed by atoms with E-state index in [1.807, 2.05) is 11.0 Å². The predicted octanol–water partition coefficient (Wildman–Crippen LogP) is 3.28. The number of hydrogen-bond acceptors (Lipinski definition) is 4. The third-order valence-corrected chi connectivity index (χ3v) is 5.51. The number of benzene rings is 2. The number of aromatic carboxylic acids is 1. The number of fused-ring (bicyclic) bond motifs is 1. The van der Waals surface area contributed by atoms with Gasteiger partial charge in [0, 0.05) is 50.0 Å². The Morgan fingerprint density at radius 2 is 1.77 bits per heavy atom. The van der Waals surface area contributed by atoms with Crippen molar-refractivity contribution < 1.29 is 18.7 Å². The van der Waals surface area contributed by atoms with Crippen LogP contribution in [-0.2, 0) is 0 Å². The summed E-state index contributed by atoms with van der Waals surface area (Å²) in [6.45, 7) is 7.19. The normalized spacial score (nSPS) is 14.7. The summed E-state index contributed by atoms with van der Waals surface area (Å²) in [5.41, 5.74) is -0.0954. The minimum Gasteiger partial charge on any atom is -0.477 e. The molecule has 2 aromatic carbocycles. The zero-order valence-corrected chi connectivity index (χ0v) is 16.7. The van der Waals surface area contributed by atoms with E-state index in [0.717, 1.165) is 25.7 Å². The monoisotopic (exact) mass is 425 g/mol. The molecule has 0 aliphatic carbocycles. The third-order valence-electron chi connectivity index (χ3n) is 5.51. The predicted molar refractivity (Wildman–Crippen MR) is 115 cm³/mol. The minimum absolute atomic E-state index is 0.0456. The van der Waals surface area contributed by atoms with E-state index >= 15 is 4.39 Å². The van der Waals surface area contributed by atoms with E-state index in [2.05, 4.69) is 11.5 Å². The molecule has 0 amide bonds. The molecular weight excluding hydrogens is 404 g/mol. The number of rotatable bonds is 5. The third kappa shape index (κ3) is 3.94. The van der Waals surface area contributed by atoms with E-state index in [0.29, 0.717) is 30.0 Å². The highest BCUT2D eigenvalue weighted by molar-refractivity contribution is 5.94. The lowest BCUT2D eigenvalue weighted by Gasteiger charge is -2.35. The highest BCUT2D eigenvalue weighted by atomic mass is 19.1. The van der Waals surface area contributed by atoms with Crippen LogP contribution in [0.4, 0.5) is 14.5 Å². The molecule has 0 saturated carbocycles. The first-order valence-corrected chi connectivity index (χ1v) is 9.85. The SMILES string of the molecule is C=CCN1CCN(c2cc3c(cc2F)c(=O)c(C(=O)O)cn3-c2ccc(F)cc2)CC1. The van der Waals surface area contributed by atoms with Crippen molar-refractivity contribution in [3.63, 3.8) is 0 Å². The van der Waals surface area contributed by atoms with Gasteiger partial charge in [0.05, 0.1) is 11.2 Å². The van der Waals surface area contributed by atoms with Crippen molar-refractivity contribution in [3.8, 4) is 5.69 Å². The molecule has 0 spiro atoms. The van der Waals surface area contributed by atoms with Gasteiger partial charge in [-0.1, -0.05) is 6.08 Å². The van der Waals surface area contributed by atoms with Crippen molar-refractivity contribution >= 4 is 22.6 Å². The van der Waals surface area contributed by atoms with Crippen LogP contribution in [0.3, 0.4) is 0 Å². The lowest BCUT2D eigenvalue weighted by molar-refractivity contribution is 0.0695. The van der Waals surface area contributed by atoms with Crippen LogP contribution in [0.25, 0.3) is 16.6 Å². The van der Waals surface area contributed by atoms with Crippen LogP contribution in [0.1, 0.15) is 10.4 Å². The number of pyridine rings is 1. The minimum atomic E-state index is -1.41. The van der Waals surface area contributed by atoms with Gasteiger partial charge in [0.15, 0.2) is 0 Å².